The van der Waals surface area contributed by atoms with E-state index in [0.29, 0.717) is 11.4 Å². The highest BCUT2D eigenvalue weighted by Crippen LogP contribution is 2.36. The Kier molecular flexibility index (Phi) is 3.14. The predicted octanol–water partition coefficient (Wildman–Crippen LogP) is 2.09. The monoisotopic (exact) mass is 312 g/mol. The third-order valence-corrected chi connectivity index (χ3v) is 4.48. The number of rotatable bonds is 2. The van der Waals surface area contributed by atoms with E-state index in [-0.39, 0.29) is 11.9 Å². The van der Waals surface area contributed by atoms with Crippen LogP contribution in [0.15, 0.2) is 29.0 Å². The summed E-state index contributed by atoms with van der Waals surface area (Å²) >= 11 is 0. The lowest BCUT2D eigenvalue weighted by Gasteiger charge is -2.15. The number of pyridine rings is 1. The minimum absolute atomic E-state index is 0.313. The lowest BCUT2D eigenvalue weighted by molar-refractivity contribution is -0.119. The molecule has 0 radical (unpaired) electrons. The molecule has 3 amide bonds. The third kappa shape index (κ3) is 2.03. The first-order valence-corrected chi connectivity index (χ1v) is 7.66. The Morgan fingerprint density at radius 2 is 2.09 bits per heavy atom. The predicted molar refractivity (Wildman–Crippen MR) is 80.8 cm³/mol. The van der Waals surface area contributed by atoms with Crippen LogP contribution >= 0.6 is 0 Å². The second kappa shape index (κ2) is 5.19. The fourth-order valence-corrected chi connectivity index (χ4v) is 3.29. The summed E-state index contributed by atoms with van der Waals surface area (Å²) in [5.74, 6) is 0.833. The van der Waals surface area contributed by atoms with E-state index in [2.05, 4.69) is 10.1 Å². The summed E-state index contributed by atoms with van der Waals surface area (Å²) in [6, 6.07) is 2.49. The molecule has 1 aliphatic heterocycles. The number of carbonyl (C=O) groups excluding carboxylic acids is 2. The van der Waals surface area contributed by atoms with Crippen molar-refractivity contribution in [1.29, 1.82) is 0 Å². The van der Waals surface area contributed by atoms with Gasteiger partial charge in [0.2, 0.25) is 0 Å². The Balaban J connectivity index is 1.74. The molecule has 4 rings (SSSR count). The highest BCUT2D eigenvalue weighted by atomic mass is 16.5. The average Bonchev–Trinajstić information content (AvgIpc) is 3.08. The van der Waals surface area contributed by atoms with Crippen molar-refractivity contribution in [3.63, 3.8) is 0 Å². The van der Waals surface area contributed by atoms with Gasteiger partial charge in [0.15, 0.2) is 5.82 Å². The number of hydrogen-bond donors (Lipinski definition) is 0. The molecule has 1 saturated heterocycles. The van der Waals surface area contributed by atoms with E-state index in [1.807, 2.05) is 0 Å². The highest BCUT2D eigenvalue weighted by Gasteiger charge is 2.47. The maximum Gasteiger partial charge on any atom is 0.333 e. The van der Waals surface area contributed by atoms with Crippen LogP contribution in [-0.4, -0.2) is 34.0 Å². The van der Waals surface area contributed by atoms with E-state index in [4.69, 9.17) is 4.52 Å². The van der Waals surface area contributed by atoms with E-state index >= 15 is 0 Å². The molecule has 3 heterocycles. The summed E-state index contributed by atoms with van der Waals surface area (Å²) in [5.41, 5.74) is 1.58. The molecule has 2 aromatic heterocycles. The normalized spacial score (nSPS) is 21.0. The van der Waals surface area contributed by atoms with Crippen molar-refractivity contribution in [3.8, 4) is 0 Å². The quantitative estimate of drug-likeness (QED) is 0.793. The number of nitrogens with zero attached hydrogens (tertiary/aromatic N) is 4. The number of anilines is 1. The van der Waals surface area contributed by atoms with Crippen LogP contribution in [0.3, 0.4) is 0 Å². The van der Waals surface area contributed by atoms with Gasteiger partial charge in [-0.15, -0.1) is 0 Å². The van der Waals surface area contributed by atoms with E-state index in [1.54, 1.807) is 31.6 Å². The summed E-state index contributed by atoms with van der Waals surface area (Å²) in [4.78, 5) is 32.1. The Bertz CT molecular complexity index is 771. The maximum absolute atomic E-state index is 12.9. The summed E-state index contributed by atoms with van der Waals surface area (Å²) in [6.07, 6.45) is 6.89. The lowest BCUT2D eigenvalue weighted by atomic mass is 9.98. The molecule has 0 spiro atoms. The Labute approximate surface area is 132 Å². The van der Waals surface area contributed by atoms with Crippen LogP contribution in [0.2, 0.25) is 0 Å². The van der Waals surface area contributed by atoms with Crippen LogP contribution in [0, 0.1) is 0 Å². The van der Waals surface area contributed by atoms with Gasteiger partial charge >= 0.3 is 6.03 Å². The van der Waals surface area contributed by atoms with Crippen LogP contribution < -0.4 is 4.90 Å². The first-order valence-electron chi connectivity index (χ1n) is 7.66. The zero-order valence-electron chi connectivity index (χ0n) is 12.7. The van der Waals surface area contributed by atoms with Gasteiger partial charge in [-0.25, -0.2) is 9.69 Å². The molecule has 118 valence electrons. The fourth-order valence-electron chi connectivity index (χ4n) is 3.29. The lowest BCUT2D eigenvalue weighted by Crippen LogP contribution is -2.32. The number of aromatic nitrogens is 2. The number of amides is 3. The number of hydrogen-bond acceptors (Lipinski definition) is 5. The molecule has 7 heteroatoms. The first-order chi connectivity index (χ1) is 11.2. The van der Waals surface area contributed by atoms with Crippen LogP contribution in [0.4, 0.5) is 10.6 Å². The largest absolute Gasteiger partial charge is 0.359 e. The van der Waals surface area contributed by atoms with Gasteiger partial charge in [-0.1, -0.05) is 11.2 Å². The zero-order valence-corrected chi connectivity index (χ0v) is 12.7. The Hall–Kier alpha value is -2.70. The van der Waals surface area contributed by atoms with Crippen molar-refractivity contribution in [2.75, 3.05) is 11.9 Å². The van der Waals surface area contributed by atoms with Gasteiger partial charge in [0.1, 0.15) is 11.8 Å². The van der Waals surface area contributed by atoms with Gasteiger partial charge in [0.05, 0.1) is 0 Å². The molecule has 2 aliphatic rings. The molecule has 7 nitrogen and oxygen atoms in total. The van der Waals surface area contributed by atoms with Gasteiger partial charge < -0.3 is 9.42 Å². The van der Waals surface area contributed by atoms with Gasteiger partial charge in [-0.2, -0.15) is 0 Å². The molecule has 0 aromatic carbocycles. The molecular weight excluding hydrogens is 296 g/mol. The van der Waals surface area contributed by atoms with Gasteiger partial charge in [-0.05, 0) is 25.3 Å². The standard InChI is InChI=1S/C16H16N4O3/c1-19-13(10-5-4-8-17-9-10)15(21)20(16(19)22)14-11-6-2-3-7-12(11)23-18-14/h4-5,8-9,13H,2-3,6-7H2,1H3. The number of aryl methyl sites for hydroxylation is 1. The topological polar surface area (TPSA) is 79.5 Å². The molecule has 1 atom stereocenters. The van der Waals surface area contributed by atoms with Crippen molar-refractivity contribution >= 4 is 17.8 Å². The number of urea groups is 1. The van der Waals surface area contributed by atoms with Gasteiger partial charge in [0.25, 0.3) is 5.91 Å². The number of imide groups is 1. The summed E-state index contributed by atoms with van der Waals surface area (Å²) in [7, 11) is 1.62. The molecular formula is C16H16N4O3. The summed E-state index contributed by atoms with van der Waals surface area (Å²) in [6.45, 7) is 0. The van der Waals surface area contributed by atoms with Gasteiger partial charge in [-0.3, -0.25) is 9.78 Å². The van der Waals surface area contributed by atoms with Crippen molar-refractivity contribution in [2.45, 2.75) is 31.7 Å². The third-order valence-electron chi connectivity index (χ3n) is 4.48. The van der Waals surface area contributed by atoms with E-state index in [0.717, 1.165) is 41.9 Å². The molecule has 2 aromatic rings. The number of fused-ring (bicyclic) bond motifs is 1. The van der Waals surface area contributed by atoms with Gasteiger partial charge in [0, 0.05) is 37.0 Å². The van der Waals surface area contributed by atoms with Crippen LogP contribution in [0.1, 0.15) is 35.8 Å². The highest BCUT2D eigenvalue weighted by molar-refractivity contribution is 6.21. The van der Waals surface area contributed by atoms with Crippen LogP contribution in [0.25, 0.3) is 0 Å². The van der Waals surface area contributed by atoms with Crippen LogP contribution in [0.5, 0.6) is 0 Å². The maximum atomic E-state index is 12.9. The molecule has 1 aliphatic carbocycles. The van der Waals surface area contributed by atoms with E-state index in [1.165, 1.54) is 4.90 Å². The molecule has 0 N–H and O–H groups in total. The van der Waals surface area contributed by atoms with E-state index in [9.17, 15) is 9.59 Å². The van der Waals surface area contributed by atoms with Crippen LogP contribution in [-0.2, 0) is 17.6 Å². The van der Waals surface area contributed by atoms with Crippen molar-refractivity contribution in [3.05, 3.63) is 41.4 Å². The molecule has 1 fully saturated rings. The molecule has 0 saturated carbocycles. The van der Waals surface area contributed by atoms with Crippen molar-refractivity contribution < 1.29 is 14.1 Å². The minimum Gasteiger partial charge on any atom is -0.359 e. The van der Waals surface area contributed by atoms with E-state index < -0.39 is 6.04 Å². The Morgan fingerprint density at radius 3 is 2.87 bits per heavy atom. The smallest absolute Gasteiger partial charge is 0.333 e. The fraction of sp³-hybridized carbons (Fsp3) is 0.375. The summed E-state index contributed by atoms with van der Waals surface area (Å²) in [5, 5.41) is 4.01. The number of likely N-dealkylation sites (N-methyl/N-ethyl adjacent to an activating group) is 1. The molecule has 1 unspecified atom stereocenters. The second-order valence-electron chi connectivity index (χ2n) is 5.87. The molecule has 23 heavy (non-hydrogen) atoms. The SMILES string of the molecule is CN1C(=O)N(c2noc3c2CCCC3)C(=O)C1c1cccnc1. The second-order valence-corrected chi connectivity index (χ2v) is 5.87. The first kappa shape index (κ1) is 13.9. The average molecular weight is 312 g/mol. The summed E-state index contributed by atoms with van der Waals surface area (Å²) < 4.78 is 5.35. The number of carbonyl (C=O) groups is 2. The minimum atomic E-state index is -0.674. The van der Waals surface area contributed by atoms with Crippen molar-refractivity contribution in [1.82, 2.24) is 15.0 Å². The van der Waals surface area contributed by atoms with Crippen molar-refractivity contribution in [2.24, 2.45) is 0 Å². The molecule has 0 bridgehead atoms. The zero-order chi connectivity index (χ0) is 16.0. The Morgan fingerprint density at radius 1 is 1.26 bits per heavy atom.